The molecule has 0 fully saturated rings. The smallest absolute Gasteiger partial charge is 0.305 e. The van der Waals surface area contributed by atoms with Crippen molar-refractivity contribution in [3.8, 4) is 0 Å². The number of nitrogen functional groups attached to an aromatic ring is 1. The summed E-state index contributed by atoms with van der Waals surface area (Å²) in [6.07, 6.45) is 0.739. The second kappa shape index (κ2) is 5.05. The minimum Gasteiger partial charge on any atom is -0.481 e. The average Bonchev–Trinajstić information content (AvgIpc) is 2.18. The van der Waals surface area contributed by atoms with Crippen molar-refractivity contribution in [1.29, 1.82) is 0 Å². The fourth-order valence-electron chi connectivity index (χ4n) is 1.38. The van der Waals surface area contributed by atoms with Crippen LogP contribution in [0.5, 0.6) is 0 Å². The molecule has 0 unspecified atom stereocenters. The van der Waals surface area contributed by atoms with Gasteiger partial charge in [-0.05, 0) is 12.1 Å². The number of rotatable bonds is 5. The van der Waals surface area contributed by atoms with Gasteiger partial charge in [-0.2, -0.15) is 0 Å². The summed E-state index contributed by atoms with van der Waals surface area (Å²) >= 11 is 0. The van der Waals surface area contributed by atoms with E-state index in [-0.39, 0.29) is 13.0 Å². The van der Waals surface area contributed by atoms with E-state index < -0.39 is 16.0 Å². The summed E-state index contributed by atoms with van der Waals surface area (Å²) < 4.78 is 24.1. The van der Waals surface area contributed by atoms with E-state index in [4.69, 9.17) is 10.8 Å². The molecule has 0 radical (unpaired) electrons. The van der Waals surface area contributed by atoms with E-state index in [0.717, 1.165) is 10.6 Å². The van der Waals surface area contributed by atoms with E-state index in [1.54, 1.807) is 18.2 Å². The standard InChI is InChI=1S/C10H14N2O4S/c1-17(15,16)12(7-6-10(13)14)9-5-3-2-4-8(9)11/h2-5H,6-7,11H2,1H3,(H,13,14). The zero-order chi connectivity index (χ0) is 13.1. The molecule has 1 aromatic rings. The van der Waals surface area contributed by atoms with Gasteiger partial charge in [-0.3, -0.25) is 9.10 Å². The monoisotopic (exact) mass is 258 g/mol. The Kier molecular flexibility index (Phi) is 3.95. The van der Waals surface area contributed by atoms with Crippen LogP contribution in [0.2, 0.25) is 0 Å². The van der Waals surface area contributed by atoms with E-state index in [9.17, 15) is 13.2 Å². The maximum absolute atomic E-state index is 11.6. The van der Waals surface area contributed by atoms with Crippen LogP contribution in [0, 0.1) is 0 Å². The number of hydrogen-bond donors (Lipinski definition) is 2. The Bertz CT molecular complexity index is 513. The Hall–Kier alpha value is -1.76. The molecule has 0 saturated carbocycles. The van der Waals surface area contributed by atoms with Crippen molar-refractivity contribution < 1.29 is 18.3 Å². The molecule has 1 rings (SSSR count). The van der Waals surface area contributed by atoms with Crippen LogP contribution in [0.15, 0.2) is 24.3 Å². The van der Waals surface area contributed by atoms with Crippen molar-refractivity contribution in [2.24, 2.45) is 0 Å². The summed E-state index contributed by atoms with van der Waals surface area (Å²) in [6, 6.07) is 6.42. The molecule has 3 N–H and O–H groups in total. The molecule has 17 heavy (non-hydrogen) atoms. The van der Waals surface area contributed by atoms with Crippen molar-refractivity contribution in [2.45, 2.75) is 6.42 Å². The van der Waals surface area contributed by atoms with E-state index in [2.05, 4.69) is 0 Å². The summed E-state index contributed by atoms with van der Waals surface area (Å²) in [5.74, 6) is -1.06. The van der Waals surface area contributed by atoms with Crippen molar-refractivity contribution in [2.75, 3.05) is 22.8 Å². The summed E-state index contributed by atoms with van der Waals surface area (Å²) in [6.45, 7) is -0.137. The first-order chi connectivity index (χ1) is 7.82. The van der Waals surface area contributed by atoms with Gasteiger partial charge in [0.2, 0.25) is 10.0 Å². The lowest BCUT2D eigenvalue weighted by Gasteiger charge is -2.22. The predicted molar refractivity (Wildman–Crippen MR) is 65.3 cm³/mol. The van der Waals surface area contributed by atoms with Crippen LogP contribution in [-0.4, -0.2) is 32.3 Å². The van der Waals surface area contributed by atoms with E-state index in [1.165, 1.54) is 6.07 Å². The number of carboxylic acid groups (broad SMARTS) is 1. The SMILES string of the molecule is CS(=O)(=O)N(CCC(=O)O)c1ccccc1N. The summed E-state index contributed by atoms with van der Waals surface area (Å²) in [5, 5.41) is 8.59. The highest BCUT2D eigenvalue weighted by atomic mass is 32.2. The number of carboxylic acids is 1. The first kappa shape index (κ1) is 13.3. The number of nitrogens with zero attached hydrogens (tertiary/aromatic N) is 1. The molecule has 0 bridgehead atoms. The number of para-hydroxylation sites is 2. The fourth-order valence-corrected chi connectivity index (χ4v) is 2.32. The van der Waals surface area contributed by atoms with Crippen molar-refractivity contribution in [3.05, 3.63) is 24.3 Å². The minimum atomic E-state index is -3.55. The molecule has 0 amide bonds. The molecular formula is C10H14N2O4S. The van der Waals surface area contributed by atoms with E-state index in [0.29, 0.717) is 11.4 Å². The first-order valence-corrected chi connectivity index (χ1v) is 6.71. The number of nitrogens with two attached hydrogens (primary N) is 1. The van der Waals surface area contributed by atoms with Crippen LogP contribution in [0.1, 0.15) is 6.42 Å². The molecule has 1 aromatic carbocycles. The molecule has 94 valence electrons. The number of benzene rings is 1. The molecule has 0 aliphatic carbocycles. The highest BCUT2D eigenvalue weighted by Gasteiger charge is 2.19. The van der Waals surface area contributed by atoms with Crippen LogP contribution >= 0.6 is 0 Å². The number of aliphatic carboxylic acids is 1. The van der Waals surface area contributed by atoms with Gasteiger partial charge in [0.15, 0.2) is 0 Å². The molecule has 6 nitrogen and oxygen atoms in total. The lowest BCUT2D eigenvalue weighted by Crippen LogP contribution is -2.32. The topological polar surface area (TPSA) is 101 Å². The van der Waals surface area contributed by atoms with Crippen LogP contribution in [-0.2, 0) is 14.8 Å². The summed E-state index contributed by atoms with van der Waals surface area (Å²) in [5.41, 5.74) is 6.27. The van der Waals surface area contributed by atoms with Crippen molar-refractivity contribution in [3.63, 3.8) is 0 Å². The third kappa shape index (κ3) is 3.63. The number of carbonyl (C=O) groups is 1. The zero-order valence-corrected chi connectivity index (χ0v) is 10.1. The quantitative estimate of drug-likeness (QED) is 0.749. The van der Waals surface area contributed by atoms with Gasteiger partial charge in [0.05, 0.1) is 24.1 Å². The van der Waals surface area contributed by atoms with Gasteiger partial charge in [-0.1, -0.05) is 12.1 Å². The van der Waals surface area contributed by atoms with Gasteiger partial charge in [0, 0.05) is 6.54 Å². The van der Waals surface area contributed by atoms with Gasteiger partial charge in [0.25, 0.3) is 0 Å². The molecule has 0 aliphatic heterocycles. The van der Waals surface area contributed by atoms with Crippen LogP contribution in [0.4, 0.5) is 11.4 Å². The Morgan fingerprint density at radius 3 is 2.47 bits per heavy atom. The average molecular weight is 258 g/mol. The van der Waals surface area contributed by atoms with Crippen LogP contribution in [0.3, 0.4) is 0 Å². The third-order valence-corrected chi connectivity index (χ3v) is 3.31. The number of anilines is 2. The Morgan fingerprint density at radius 2 is 2.00 bits per heavy atom. The fraction of sp³-hybridized carbons (Fsp3) is 0.300. The van der Waals surface area contributed by atoms with E-state index in [1.807, 2.05) is 0 Å². The lowest BCUT2D eigenvalue weighted by molar-refractivity contribution is -0.136. The molecule has 7 heteroatoms. The molecule has 0 aromatic heterocycles. The lowest BCUT2D eigenvalue weighted by atomic mass is 10.2. The van der Waals surface area contributed by atoms with E-state index >= 15 is 0 Å². The van der Waals surface area contributed by atoms with Gasteiger partial charge in [-0.15, -0.1) is 0 Å². The maximum atomic E-state index is 11.6. The van der Waals surface area contributed by atoms with Crippen LogP contribution in [0.25, 0.3) is 0 Å². The second-order valence-electron chi connectivity index (χ2n) is 3.54. The maximum Gasteiger partial charge on any atom is 0.305 e. The Morgan fingerprint density at radius 1 is 1.41 bits per heavy atom. The zero-order valence-electron chi connectivity index (χ0n) is 9.33. The van der Waals surface area contributed by atoms with Gasteiger partial charge in [-0.25, -0.2) is 8.42 Å². The summed E-state index contributed by atoms with van der Waals surface area (Å²) in [4.78, 5) is 10.5. The van der Waals surface area contributed by atoms with Gasteiger partial charge >= 0.3 is 5.97 Å². The molecule has 0 atom stereocenters. The summed E-state index contributed by atoms with van der Waals surface area (Å²) in [7, 11) is -3.55. The van der Waals surface area contributed by atoms with Gasteiger partial charge in [0.1, 0.15) is 0 Å². The van der Waals surface area contributed by atoms with Crippen molar-refractivity contribution >= 4 is 27.4 Å². The number of hydrogen-bond acceptors (Lipinski definition) is 4. The minimum absolute atomic E-state index is 0.137. The predicted octanol–water partition coefficient (Wildman–Crippen LogP) is 0.509. The highest BCUT2D eigenvalue weighted by Crippen LogP contribution is 2.24. The van der Waals surface area contributed by atoms with Crippen molar-refractivity contribution in [1.82, 2.24) is 0 Å². The highest BCUT2D eigenvalue weighted by molar-refractivity contribution is 7.92. The molecule has 0 spiro atoms. The largest absolute Gasteiger partial charge is 0.481 e. The second-order valence-corrected chi connectivity index (χ2v) is 5.44. The Balaban J connectivity index is 3.08. The Labute approximate surface area is 99.7 Å². The van der Waals surface area contributed by atoms with Crippen LogP contribution < -0.4 is 10.0 Å². The number of sulfonamides is 1. The first-order valence-electron chi connectivity index (χ1n) is 4.86. The third-order valence-electron chi connectivity index (χ3n) is 2.13. The van der Waals surface area contributed by atoms with Gasteiger partial charge < -0.3 is 10.8 Å². The molecule has 0 heterocycles. The molecular weight excluding hydrogens is 244 g/mol. The molecule has 0 aliphatic rings. The molecule has 0 saturated heterocycles. The normalized spacial score (nSPS) is 11.1.